The van der Waals surface area contributed by atoms with Crippen molar-refractivity contribution in [3.8, 4) is 5.75 Å². The molecule has 5 heteroatoms. The molecule has 2 aromatic carbocycles. The molecule has 0 saturated heterocycles. The number of benzene rings is 2. The average Bonchev–Trinajstić information content (AvgIpc) is 2.48. The first-order valence-electron chi connectivity index (χ1n) is 6.07. The Labute approximate surface area is 133 Å². The molecule has 0 radical (unpaired) electrons. The van der Waals surface area contributed by atoms with Gasteiger partial charge in [0.05, 0.1) is 12.1 Å². The molecule has 0 aliphatic heterocycles. The van der Waals surface area contributed by atoms with Gasteiger partial charge < -0.3 is 10.5 Å². The summed E-state index contributed by atoms with van der Waals surface area (Å²) in [5.74, 6) is 1.52. The molecule has 1 unspecified atom stereocenters. The second kappa shape index (κ2) is 7.23. The van der Waals surface area contributed by atoms with Gasteiger partial charge in [0.25, 0.3) is 0 Å². The van der Waals surface area contributed by atoms with Crippen molar-refractivity contribution >= 4 is 35.0 Å². The fourth-order valence-electron chi connectivity index (χ4n) is 1.74. The topological polar surface area (TPSA) is 35.2 Å². The zero-order valence-corrected chi connectivity index (χ0v) is 13.3. The summed E-state index contributed by atoms with van der Waals surface area (Å²) in [7, 11) is 1.64. The predicted molar refractivity (Wildman–Crippen MR) is 87.1 cm³/mol. The SMILES string of the molecule is COc1cccc(C(N)CSc2cc(Cl)ccc2Cl)c1. The number of hydrogen-bond donors (Lipinski definition) is 1. The van der Waals surface area contributed by atoms with Gasteiger partial charge in [0.1, 0.15) is 5.75 Å². The summed E-state index contributed by atoms with van der Waals surface area (Å²) in [5.41, 5.74) is 7.24. The van der Waals surface area contributed by atoms with Crippen LogP contribution < -0.4 is 10.5 Å². The van der Waals surface area contributed by atoms with E-state index in [1.807, 2.05) is 30.3 Å². The molecule has 2 nitrogen and oxygen atoms in total. The maximum Gasteiger partial charge on any atom is 0.119 e. The largest absolute Gasteiger partial charge is 0.497 e. The molecule has 0 bridgehead atoms. The van der Waals surface area contributed by atoms with Crippen LogP contribution in [0, 0.1) is 0 Å². The third-order valence-electron chi connectivity index (χ3n) is 2.83. The van der Waals surface area contributed by atoms with E-state index in [4.69, 9.17) is 33.7 Å². The third-order valence-corrected chi connectivity index (χ3v) is 4.68. The van der Waals surface area contributed by atoms with Gasteiger partial charge in [-0.1, -0.05) is 35.3 Å². The molecule has 2 aromatic rings. The Balaban J connectivity index is 2.04. The van der Waals surface area contributed by atoms with Gasteiger partial charge in [0.2, 0.25) is 0 Å². The smallest absolute Gasteiger partial charge is 0.119 e. The van der Waals surface area contributed by atoms with E-state index in [9.17, 15) is 0 Å². The number of ether oxygens (including phenoxy) is 1. The van der Waals surface area contributed by atoms with Gasteiger partial charge in [-0.2, -0.15) is 0 Å². The predicted octanol–water partition coefficient (Wildman–Crippen LogP) is 4.79. The van der Waals surface area contributed by atoms with Gasteiger partial charge in [-0.25, -0.2) is 0 Å². The molecule has 2 rings (SSSR count). The molecular weight excluding hydrogens is 313 g/mol. The fourth-order valence-corrected chi connectivity index (χ4v) is 3.22. The van der Waals surface area contributed by atoms with Gasteiger partial charge in [0.15, 0.2) is 0 Å². The van der Waals surface area contributed by atoms with Gasteiger partial charge >= 0.3 is 0 Å². The summed E-state index contributed by atoms with van der Waals surface area (Å²) in [5, 5.41) is 1.36. The van der Waals surface area contributed by atoms with Crippen molar-refractivity contribution in [2.24, 2.45) is 5.73 Å². The summed E-state index contributed by atoms with van der Waals surface area (Å²) in [6.07, 6.45) is 0. The molecule has 1 atom stereocenters. The lowest BCUT2D eigenvalue weighted by Crippen LogP contribution is -2.13. The second-order valence-corrected chi connectivity index (χ2v) is 6.17. The summed E-state index contributed by atoms with van der Waals surface area (Å²) in [4.78, 5) is 0.942. The first kappa shape index (κ1) is 15.5. The van der Waals surface area contributed by atoms with E-state index in [2.05, 4.69) is 0 Å². The maximum absolute atomic E-state index is 6.20. The summed E-state index contributed by atoms with van der Waals surface area (Å²) in [6, 6.07) is 13.1. The number of methoxy groups -OCH3 is 1. The molecule has 0 heterocycles. The Morgan fingerprint density at radius 2 is 2.00 bits per heavy atom. The van der Waals surface area contributed by atoms with Crippen LogP contribution in [0.1, 0.15) is 11.6 Å². The van der Waals surface area contributed by atoms with Crippen LogP contribution in [-0.4, -0.2) is 12.9 Å². The molecule has 0 saturated carbocycles. The molecule has 0 aliphatic rings. The third kappa shape index (κ3) is 4.06. The first-order valence-corrected chi connectivity index (χ1v) is 7.81. The number of thioether (sulfide) groups is 1. The molecule has 0 aliphatic carbocycles. The molecule has 20 heavy (non-hydrogen) atoms. The second-order valence-electron chi connectivity index (χ2n) is 4.27. The molecule has 0 fully saturated rings. The Bertz CT molecular complexity index is 592. The van der Waals surface area contributed by atoms with Gasteiger partial charge in [0, 0.05) is 21.7 Å². The van der Waals surface area contributed by atoms with E-state index in [1.54, 1.807) is 31.0 Å². The normalized spacial score (nSPS) is 12.2. The molecule has 0 amide bonds. The lowest BCUT2D eigenvalue weighted by molar-refractivity contribution is 0.414. The number of rotatable bonds is 5. The Hall–Kier alpha value is -0.870. The zero-order chi connectivity index (χ0) is 14.5. The lowest BCUT2D eigenvalue weighted by Gasteiger charge is -2.13. The van der Waals surface area contributed by atoms with E-state index in [0.717, 1.165) is 16.2 Å². The quantitative estimate of drug-likeness (QED) is 0.801. The minimum absolute atomic E-state index is 0.0925. The van der Waals surface area contributed by atoms with Crippen LogP contribution in [-0.2, 0) is 0 Å². The van der Waals surface area contributed by atoms with Crippen molar-refractivity contribution in [3.63, 3.8) is 0 Å². The Kier molecular flexibility index (Phi) is 5.61. The van der Waals surface area contributed by atoms with Crippen LogP contribution in [0.5, 0.6) is 5.75 Å². The fraction of sp³-hybridized carbons (Fsp3) is 0.200. The van der Waals surface area contributed by atoms with E-state index in [0.29, 0.717) is 15.8 Å². The van der Waals surface area contributed by atoms with Crippen molar-refractivity contribution in [3.05, 3.63) is 58.1 Å². The Morgan fingerprint density at radius 3 is 2.75 bits per heavy atom. The van der Waals surface area contributed by atoms with E-state index >= 15 is 0 Å². The van der Waals surface area contributed by atoms with Gasteiger partial charge in [-0.3, -0.25) is 0 Å². The van der Waals surface area contributed by atoms with Crippen molar-refractivity contribution in [2.75, 3.05) is 12.9 Å². The highest BCUT2D eigenvalue weighted by atomic mass is 35.5. The van der Waals surface area contributed by atoms with Crippen molar-refractivity contribution in [2.45, 2.75) is 10.9 Å². The van der Waals surface area contributed by atoms with E-state index in [1.165, 1.54) is 0 Å². The van der Waals surface area contributed by atoms with E-state index < -0.39 is 0 Å². The number of hydrogen-bond acceptors (Lipinski definition) is 3. The van der Waals surface area contributed by atoms with E-state index in [-0.39, 0.29) is 6.04 Å². The van der Waals surface area contributed by atoms with Crippen molar-refractivity contribution in [1.29, 1.82) is 0 Å². The standard InChI is InChI=1S/C15H15Cl2NOS/c1-19-12-4-2-3-10(7-12)14(18)9-20-15-8-11(16)5-6-13(15)17/h2-8,14H,9,18H2,1H3. The van der Waals surface area contributed by atoms with Crippen LogP contribution >= 0.6 is 35.0 Å². The maximum atomic E-state index is 6.20. The first-order chi connectivity index (χ1) is 9.60. The minimum atomic E-state index is -0.0925. The molecule has 0 aromatic heterocycles. The highest BCUT2D eigenvalue weighted by Gasteiger charge is 2.09. The van der Waals surface area contributed by atoms with Crippen LogP contribution in [0.25, 0.3) is 0 Å². The zero-order valence-electron chi connectivity index (χ0n) is 11.0. The minimum Gasteiger partial charge on any atom is -0.497 e. The Morgan fingerprint density at radius 1 is 1.20 bits per heavy atom. The van der Waals surface area contributed by atoms with Crippen LogP contribution in [0.4, 0.5) is 0 Å². The highest BCUT2D eigenvalue weighted by Crippen LogP contribution is 2.32. The summed E-state index contributed by atoms with van der Waals surface area (Å²) >= 11 is 13.7. The molecular formula is C15H15Cl2NOS. The van der Waals surface area contributed by atoms with Crippen molar-refractivity contribution in [1.82, 2.24) is 0 Å². The number of halogens is 2. The van der Waals surface area contributed by atoms with Crippen LogP contribution in [0.2, 0.25) is 10.0 Å². The number of nitrogens with two attached hydrogens (primary N) is 1. The van der Waals surface area contributed by atoms with Gasteiger partial charge in [-0.15, -0.1) is 11.8 Å². The molecule has 0 spiro atoms. The molecule has 2 N–H and O–H groups in total. The van der Waals surface area contributed by atoms with Crippen LogP contribution in [0.15, 0.2) is 47.4 Å². The average molecular weight is 328 g/mol. The lowest BCUT2D eigenvalue weighted by atomic mass is 10.1. The monoisotopic (exact) mass is 327 g/mol. The van der Waals surface area contributed by atoms with Crippen LogP contribution in [0.3, 0.4) is 0 Å². The summed E-state index contributed by atoms with van der Waals surface area (Å²) < 4.78 is 5.20. The highest BCUT2D eigenvalue weighted by molar-refractivity contribution is 7.99. The van der Waals surface area contributed by atoms with Gasteiger partial charge in [-0.05, 0) is 35.9 Å². The van der Waals surface area contributed by atoms with Crippen molar-refractivity contribution < 1.29 is 4.74 Å². The molecule has 106 valence electrons. The summed E-state index contributed by atoms with van der Waals surface area (Å²) in [6.45, 7) is 0.